The smallest absolute Gasteiger partial charge is 0.305 e. The molecule has 0 aromatic carbocycles. The number of carboxylic acids is 1. The zero-order chi connectivity index (χ0) is 14.4. The maximum Gasteiger partial charge on any atom is 0.305 e. The van der Waals surface area contributed by atoms with E-state index in [1.165, 1.54) is 0 Å². The monoisotopic (exact) mass is 272 g/mol. The molecular formula is C13H24N2O4. The first-order chi connectivity index (χ1) is 8.95. The number of amides is 1. The topological polar surface area (TPSA) is 87.7 Å². The highest BCUT2D eigenvalue weighted by molar-refractivity contribution is 5.81. The second-order valence-electron chi connectivity index (χ2n) is 5.27. The lowest BCUT2D eigenvalue weighted by molar-refractivity contribution is -0.138. The molecule has 0 spiro atoms. The molecule has 3 unspecified atom stereocenters. The number of ether oxygens (including phenoxy) is 1. The van der Waals surface area contributed by atoms with Gasteiger partial charge in [0.2, 0.25) is 5.91 Å². The average Bonchev–Trinajstić information content (AvgIpc) is 2.76. The number of aliphatic carboxylic acids is 1. The van der Waals surface area contributed by atoms with E-state index in [1.54, 1.807) is 0 Å². The Kier molecular flexibility index (Phi) is 6.24. The Morgan fingerprint density at radius 1 is 1.37 bits per heavy atom. The Morgan fingerprint density at radius 2 is 2.05 bits per heavy atom. The van der Waals surface area contributed by atoms with Crippen LogP contribution < -0.4 is 10.6 Å². The summed E-state index contributed by atoms with van der Waals surface area (Å²) in [4.78, 5) is 23.0. The van der Waals surface area contributed by atoms with Crippen LogP contribution in [0.25, 0.3) is 0 Å². The van der Waals surface area contributed by atoms with Gasteiger partial charge >= 0.3 is 5.97 Å². The molecule has 1 amide bonds. The number of likely N-dealkylation sites (N-methyl/N-ethyl adjacent to an activating group) is 1. The van der Waals surface area contributed by atoms with E-state index >= 15 is 0 Å². The van der Waals surface area contributed by atoms with Gasteiger partial charge in [0.05, 0.1) is 25.6 Å². The number of carbonyl (C=O) groups is 2. The van der Waals surface area contributed by atoms with Crippen LogP contribution in [0.1, 0.15) is 27.2 Å². The molecule has 0 aliphatic carbocycles. The predicted molar refractivity (Wildman–Crippen MR) is 70.8 cm³/mol. The number of carboxylic acid groups (broad SMARTS) is 1. The van der Waals surface area contributed by atoms with Crippen LogP contribution in [0.5, 0.6) is 0 Å². The molecule has 1 aliphatic rings. The molecule has 1 fully saturated rings. The summed E-state index contributed by atoms with van der Waals surface area (Å²) >= 11 is 0. The maximum absolute atomic E-state index is 12.2. The van der Waals surface area contributed by atoms with Crippen LogP contribution in [-0.4, -0.2) is 48.8 Å². The fourth-order valence-corrected chi connectivity index (χ4v) is 2.21. The van der Waals surface area contributed by atoms with Crippen molar-refractivity contribution in [3.05, 3.63) is 0 Å². The van der Waals surface area contributed by atoms with E-state index in [0.717, 1.165) is 6.54 Å². The van der Waals surface area contributed by atoms with Gasteiger partial charge in [-0.1, -0.05) is 20.8 Å². The van der Waals surface area contributed by atoms with Crippen LogP contribution in [0.3, 0.4) is 0 Å². The van der Waals surface area contributed by atoms with Gasteiger partial charge < -0.3 is 20.5 Å². The van der Waals surface area contributed by atoms with Crippen molar-refractivity contribution in [2.45, 2.75) is 39.3 Å². The molecule has 0 saturated carbocycles. The van der Waals surface area contributed by atoms with Gasteiger partial charge in [0.1, 0.15) is 0 Å². The lowest BCUT2D eigenvalue weighted by Gasteiger charge is -2.24. The molecule has 1 aliphatic heterocycles. The first kappa shape index (κ1) is 15.9. The van der Waals surface area contributed by atoms with Gasteiger partial charge in [-0.15, -0.1) is 0 Å². The minimum atomic E-state index is -0.898. The van der Waals surface area contributed by atoms with Crippen molar-refractivity contribution < 1.29 is 19.4 Å². The largest absolute Gasteiger partial charge is 0.481 e. The molecule has 1 saturated heterocycles. The third kappa shape index (κ3) is 4.80. The van der Waals surface area contributed by atoms with Crippen molar-refractivity contribution >= 4 is 11.9 Å². The summed E-state index contributed by atoms with van der Waals surface area (Å²) in [6.07, 6.45) is -0.0527. The van der Waals surface area contributed by atoms with Crippen molar-refractivity contribution in [3.8, 4) is 0 Å². The third-order valence-corrected chi connectivity index (χ3v) is 3.41. The van der Waals surface area contributed by atoms with Crippen LogP contribution in [0, 0.1) is 11.8 Å². The first-order valence-corrected chi connectivity index (χ1v) is 6.79. The molecule has 19 heavy (non-hydrogen) atoms. The van der Waals surface area contributed by atoms with Crippen molar-refractivity contribution in [1.29, 1.82) is 0 Å². The standard InChI is InChI=1S/C13H24N2O4/c1-4-14-11-7-19-6-9(11)13(18)15-10(8(2)3)5-12(16)17/h8-11,14H,4-7H2,1-3H3,(H,15,18)(H,16,17). The minimum Gasteiger partial charge on any atom is -0.481 e. The van der Waals surface area contributed by atoms with Crippen molar-refractivity contribution in [2.75, 3.05) is 19.8 Å². The lowest BCUT2D eigenvalue weighted by atomic mass is 9.97. The van der Waals surface area contributed by atoms with Crippen molar-refractivity contribution in [3.63, 3.8) is 0 Å². The lowest BCUT2D eigenvalue weighted by Crippen LogP contribution is -2.48. The van der Waals surface area contributed by atoms with Gasteiger partial charge in [-0.25, -0.2) is 0 Å². The second kappa shape index (κ2) is 7.45. The van der Waals surface area contributed by atoms with E-state index in [2.05, 4.69) is 10.6 Å². The number of carbonyl (C=O) groups excluding carboxylic acids is 1. The van der Waals surface area contributed by atoms with Crippen molar-refractivity contribution in [1.82, 2.24) is 10.6 Å². The van der Waals surface area contributed by atoms with E-state index in [0.29, 0.717) is 13.2 Å². The molecule has 1 heterocycles. The SMILES string of the molecule is CCNC1COCC1C(=O)NC(CC(=O)O)C(C)C. The molecule has 0 aromatic rings. The molecule has 110 valence electrons. The normalized spacial score (nSPS) is 24.4. The fourth-order valence-electron chi connectivity index (χ4n) is 2.21. The van der Waals surface area contributed by atoms with Gasteiger partial charge in [0.15, 0.2) is 0 Å². The molecule has 0 aromatic heterocycles. The Labute approximate surface area is 113 Å². The van der Waals surface area contributed by atoms with Gasteiger partial charge in [0.25, 0.3) is 0 Å². The summed E-state index contributed by atoms with van der Waals surface area (Å²) < 4.78 is 5.33. The molecule has 0 radical (unpaired) electrons. The Balaban J connectivity index is 2.58. The molecule has 1 rings (SSSR count). The van der Waals surface area contributed by atoms with Gasteiger partial charge in [-0.3, -0.25) is 9.59 Å². The number of nitrogens with one attached hydrogen (secondary N) is 2. The van der Waals surface area contributed by atoms with Gasteiger partial charge in [-0.05, 0) is 12.5 Å². The molecule has 6 heteroatoms. The zero-order valence-electron chi connectivity index (χ0n) is 11.8. The highest BCUT2D eigenvalue weighted by Crippen LogP contribution is 2.15. The summed E-state index contributed by atoms with van der Waals surface area (Å²) in [5, 5.41) is 14.9. The van der Waals surface area contributed by atoms with E-state index in [4.69, 9.17) is 9.84 Å². The van der Waals surface area contributed by atoms with E-state index in [-0.39, 0.29) is 36.2 Å². The summed E-state index contributed by atoms with van der Waals surface area (Å²) in [5.41, 5.74) is 0. The van der Waals surface area contributed by atoms with Crippen LogP contribution in [-0.2, 0) is 14.3 Å². The molecule has 6 nitrogen and oxygen atoms in total. The second-order valence-corrected chi connectivity index (χ2v) is 5.27. The molecule has 3 atom stereocenters. The number of hydrogen-bond acceptors (Lipinski definition) is 4. The van der Waals surface area contributed by atoms with Gasteiger partial charge in [0, 0.05) is 12.1 Å². The molecule has 3 N–H and O–H groups in total. The Morgan fingerprint density at radius 3 is 2.58 bits per heavy atom. The summed E-state index contributed by atoms with van der Waals surface area (Å²) in [6, 6.07) is -0.324. The summed E-state index contributed by atoms with van der Waals surface area (Å²) in [7, 11) is 0. The average molecular weight is 272 g/mol. The van der Waals surface area contributed by atoms with Crippen molar-refractivity contribution in [2.24, 2.45) is 11.8 Å². The van der Waals surface area contributed by atoms with E-state index in [9.17, 15) is 9.59 Å². The van der Waals surface area contributed by atoms with Crippen LogP contribution in [0.4, 0.5) is 0 Å². The zero-order valence-corrected chi connectivity index (χ0v) is 11.8. The van der Waals surface area contributed by atoms with E-state index < -0.39 is 5.97 Å². The fraction of sp³-hybridized carbons (Fsp3) is 0.846. The Bertz CT molecular complexity index is 320. The number of rotatable bonds is 7. The third-order valence-electron chi connectivity index (χ3n) is 3.41. The molecule has 0 bridgehead atoms. The minimum absolute atomic E-state index is 0.0163. The van der Waals surface area contributed by atoms with Crippen LogP contribution in [0.15, 0.2) is 0 Å². The summed E-state index contributed by atoms with van der Waals surface area (Å²) in [6.45, 7) is 7.48. The first-order valence-electron chi connectivity index (χ1n) is 6.79. The number of hydrogen-bond donors (Lipinski definition) is 3. The van der Waals surface area contributed by atoms with E-state index in [1.807, 2.05) is 20.8 Å². The molecular weight excluding hydrogens is 248 g/mol. The summed E-state index contributed by atoms with van der Waals surface area (Å²) in [5.74, 6) is -1.18. The van der Waals surface area contributed by atoms with Gasteiger partial charge in [-0.2, -0.15) is 0 Å². The predicted octanol–water partition coefficient (Wildman–Crippen LogP) is 0.226. The Hall–Kier alpha value is -1.14. The van der Waals surface area contributed by atoms with Crippen LogP contribution in [0.2, 0.25) is 0 Å². The van der Waals surface area contributed by atoms with Crippen LogP contribution >= 0.6 is 0 Å². The highest BCUT2D eigenvalue weighted by Gasteiger charge is 2.34. The maximum atomic E-state index is 12.2. The quantitative estimate of drug-likeness (QED) is 0.617. The highest BCUT2D eigenvalue weighted by atomic mass is 16.5.